The zero-order chi connectivity index (χ0) is 16.5. The fourth-order valence-corrected chi connectivity index (χ4v) is 3.40. The van der Waals surface area contributed by atoms with Gasteiger partial charge in [0.15, 0.2) is 0 Å². The zero-order valence-corrected chi connectivity index (χ0v) is 13.3. The van der Waals surface area contributed by atoms with Crippen LogP contribution in [0.2, 0.25) is 0 Å². The second-order valence-electron chi connectivity index (χ2n) is 5.41. The van der Waals surface area contributed by atoms with Crippen LogP contribution in [0.5, 0.6) is 0 Å². The molecule has 0 saturated carbocycles. The number of hydrogen-bond donors (Lipinski definition) is 1. The molecule has 0 bridgehead atoms. The lowest BCUT2D eigenvalue weighted by atomic mass is 9.98. The summed E-state index contributed by atoms with van der Waals surface area (Å²) in [6, 6.07) is 7.50. The van der Waals surface area contributed by atoms with Crippen molar-refractivity contribution in [3.63, 3.8) is 0 Å². The van der Waals surface area contributed by atoms with Crippen molar-refractivity contribution in [3.8, 4) is 0 Å². The SMILES string of the molecule is Cc1cc(NS(=O)(=O)c2ccc(F)cc2F)ccc1C(C)C. The fraction of sp³-hybridized carbons (Fsp3) is 0.250. The Kier molecular flexibility index (Phi) is 4.51. The minimum atomic E-state index is -4.10. The van der Waals surface area contributed by atoms with Gasteiger partial charge in [0, 0.05) is 11.8 Å². The summed E-state index contributed by atoms with van der Waals surface area (Å²) in [5.41, 5.74) is 2.39. The molecule has 2 aromatic rings. The average molecular weight is 325 g/mol. The van der Waals surface area contributed by atoms with E-state index in [2.05, 4.69) is 4.72 Å². The van der Waals surface area contributed by atoms with Crippen molar-refractivity contribution in [1.82, 2.24) is 0 Å². The van der Waals surface area contributed by atoms with Gasteiger partial charge >= 0.3 is 0 Å². The summed E-state index contributed by atoms with van der Waals surface area (Å²) in [5, 5.41) is 0. The van der Waals surface area contributed by atoms with E-state index in [1.165, 1.54) is 0 Å². The molecule has 0 aliphatic heterocycles. The molecule has 0 aromatic heterocycles. The molecule has 0 fully saturated rings. The number of benzene rings is 2. The van der Waals surface area contributed by atoms with Gasteiger partial charge in [0.25, 0.3) is 10.0 Å². The van der Waals surface area contributed by atoms with Gasteiger partial charge in [-0.2, -0.15) is 0 Å². The Morgan fingerprint density at radius 3 is 2.27 bits per heavy atom. The molecule has 0 unspecified atom stereocenters. The summed E-state index contributed by atoms with van der Waals surface area (Å²) in [5.74, 6) is -1.63. The second kappa shape index (κ2) is 6.04. The van der Waals surface area contributed by atoms with E-state index in [9.17, 15) is 17.2 Å². The lowest BCUT2D eigenvalue weighted by molar-refractivity contribution is 0.551. The van der Waals surface area contributed by atoms with Crippen molar-refractivity contribution in [1.29, 1.82) is 0 Å². The minimum Gasteiger partial charge on any atom is -0.280 e. The maximum absolute atomic E-state index is 13.6. The highest BCUT2D eigenvalue weighted by molar-refractivity contribution is 7.92. The molecule has 0 aliphatic rings. The predicted octanol–water partition coefficient (Wildman–Crippen LogP) is 4.20. The van der Waals surface area contributed by atoms with Crippen molar-refractivity contribution in [2.45, 2.75) is 31.6 Å². The summed E-state index contributed by atoms with van der Waals surface area (Å²) in [4.78, 5) is -0.584. The number of anilines is 1. The molecule has 0 saturated heterocycles. The van der Waals surface area contributed by atoms with Gasteiger partial charge in [0.2, 0.25) is 0 Å². The number of aryl methyl sites for hydroxylation is 1. The zero-order valence-electron chi connectivity index (χ0n) is 12.5. The molecule has 0 atom stereocenters. The maximum atomic E-state index is 13.6. The molecule has 2 aromatic carbocycles. The topological polar surface area (TPSA) is 46.2 Å². The number of rotatable bonds is 4. The van der Waals surface area contributed by atoms with Crippen LogP contribution in [-0.2, 0) is 10.0 Å². The molecule has 2 rings (SSSR count). The van der Waals surface area contributed by atoms with Gasteiger partial charge in [-0.3, -0.25) is 4.72 Å². The molecule has 22 heavy (non-hydrogen) atoms. The smallest absolute Gasteiger partial charge is 0.264 e. The summed E-state index contributed by atoms with van der Waals surface area (Å²) in [7, 11) is -4.10. The van der Waals surface area contributed by atoms with E-state index in [4.69, 9.17) is 0 Å². The van der Waals surface area contributed by atoms with Crippen molar-refractivity contribution in [3.05, 3.63) is 59.2 Å². The average Bonchev–Trinajstić information content (AvgIpc) is 2.37. The number of nitrogens with one attached hydrogen (secondary N) is 1. The standard InChI is InChI=1S/C16H17F2NO2S/c1-10(2)14-6-5-13(8-11(14)3)19-22(20,21)16-7-4-12(17)9-15(16)18/h4-10,19H,1-3H3. The van der Waals surface area contributed by atoms with Crippen LogP contribution in [0.1, 0.15) is 30.9 Å². The lowest BCUT2D eigenvalue weighted by Crippen LogP contribution is -2.15. The quantitative estimate of drug-likeness (QED) is 0.916. The molecule has 0 heterocycles. The van der Waals surface area contributed by atoms with Crippen molar-refractivity contribution < 1.29 is 17.2 Å². The summed E-state index contributed by atoms with van der Waals surface area (Å²) in [6.45, 7) is 5.96. The van der Waals surface area contributed by atoms with Crippen molar-refractivity contribution in [2.24, 2.45) is 0 Å². The number of hydrogen-bond acceptors (Lipinski definition) is 2. The van der Waals surface area contributed by atoms with E-state index in [0.717, 1.165) is 23.3 Å². The molecule has 1 N–H and O–H groups in total. The Morgan fingerprint density at radius 2 is 1.73 bits per heavy atom. The first-order chi connectivity index (χ1) is 10.2. The van der Waals surface area contributed by atoms with Gasteiger partial charge in [-0.05, 0) is 48.2 Å². The monoisotopic (exact) mass is 325 g/mol. The highest BCUT2D eigenvalue weighted by Gasteiger charge is 2.20. The van der Waals surface area contributed by atoms with Crippen LogP contribution in [0.4, 0.5) is 14.5 Å². The number of halogens is 2. The molecular weight excluding hydrogens is 308 g/mol. The van der Waals surface area contributed by atoms with Crippen molar-refractivity contribution in [2.75, 3.05) is 4.72 Å². The summed E-state index contributed by atoms with van der Waals surface area (Å²) >= 11 is 0. The Bertz CT molecular complexity index is 802. The Hall–Kier alpha value is -1.95. The van der Waals surface area contributed by atoms with E-state index in [1.54, 1.807) is 12.1 Å². The maximum Gasteiger partial charge on any atom is 0.264 e. The van der Waals surface area contributed by atoms with Gasteiger partial charge < -0.3 is 0 Å². The molecule has 0 radical (unpaired) electrons. The van der Waals surface area contributed by atoms with Crippen LogP contribution in [-0.4, -0.2) is 8.42 Å². The van der Waals surface area contributed by atoms with Crippen LogP contribution in [0.15, 0.2) is 41.3 Å². The molecule has 0 amide bonds. The van der Waals surface area contributed by atoms with Gasteiger partial charge in [-0.25, -0.2) is 17.2 Å². The molecule has 118 valence electrons. The Morgan fingerprint density at radius 1 is 1.05 bits per heavy atom. The molecule has 6 heteroatoms. The largest absolute Gasteiger partial charge is 0.280 e. The molecule has 3 nitrogen and oxygen atoms in total. The molecule has 0 aliphatic carbocycles. The van der Waals surface area contributed by atoms with Crippen LogP contribution in [0.25, 0.3) is 0 Å². The summed E-state index contributed by atoms with van der Waals surface area (Å²) in [6.07, 6.45) is 0. The summed E-state index contributed by atoms with van der Waals surface area (Å²) < 4.78 is 53.2. The van der Waals surface area contributed by atoms with E-state index in [-0.39, 0.29) is 0 Å². The van der Waals surface area contributed by atoms with Gasteiger partial charge in [0.05, 0.1) is 0 Å². The van der Waals surface area contributed by atoms with Gasteiger partial charge in [-0.1, -0.05) is 19.9 Å². The first-order valence-electron chi connectivity index (χ1n) is 6.79. The highest BCUT2D eigenvalue weighted by atomic mass is 32.2. The minimum absolute atomic E-state index is 0.320. The predicted molar refractivity (Wildman–Crippen MR) is 82.4 cm³/mol. The third-order valence-corrected chi connectivity index (χ3v) is 4.74. The van der Waals surface area contributed by atoms with Crippen LogP contribution in [0.3, 0.4) is 0 Å². The molecular formula is C16H17F2NO2S. The van der Waals surface area contributed by atoms with Gasteiger partial charge in [-0.15, -0.1) is 0 Å². The third-order valence-electron chi connectivity index (χ3n) is 3.33. The Labute approximate surface area is 129 Å². The number of sulfonamides is 1. The third kappa shape index (κ3) is 3.44. The first kappa shape index (κ1) is 16.4. The van der Waals surface area contributed by atoms with Gasteiger partial charge in [0.1, 0.15) is 16.5 Å². The highest BCUT2D eigenvalue weighted by Crippen LogP contribution is 2.24. The van der Waals surface area contributed by atoms with E-state index in [1.807, 2.05) is 26.8 Å². The van der Waals surface area contributed by atoms with Crippen LogP contribution < -0.4 is 4.72 Å². The van der Waals surface area contributed by atoms with E-state index < -0.39 is 26.6 Å². The Balaban J connectivity index is 2.35. The molecule has 0 spiro atoms. The van der Waals surface area contributed by atoms with E-state index in [0.29, 0.717) is 17.7 Å². The van der Waals surface area contributed by atoms with E-state index >= 15 is 0 Å². The van der Waals surface area contributed by atoms with Crippen LogP contribution >= 0.6 is 0 Å². The second-order valence-corrected chi connectivity index (χ2v) is 7.06. The normalized spacial score (nSPS) is 11.7. The first-order valence-corrected chi connectivity index (χ1v) is 8.27. The van der Waals surface area contributed by atoms with Crippen LogP contribution in [0, 0.1) is 18.6 Å². The fourth-order valence-electron chi connectivity index (χ4n) is 2.29. The van der Waals surface area contributed by atoms with Crippen molar-refractivity contribution >= 4 is 15.7 Å². The lowest BCUT2D eigenvalue weighted by Gasteiger charge is -2.13.